The van der Waals surface area contributed by atoms with E-state index in [0.29, 0.717) is 39.8 Å². The SMILES string of the molecule is CN(C)c1ccc([C@@H]2C3=C(CCCC3=O)Nc3nc(SCc4ccccc4F)[nH]c(=O)c32)cc1. The second-order valence-electron chi connectivity index (χ2n) is 8.73. The van der Waals surface area contributed by atoms with E-state index >= 15 is 0 Å². The van der Waals surface area contributed by atoms with Crippen molar-refractivity contribution in [3.63, 3.8) is 0 Å². The quantitative estimate of drug-likeness (QED) is 0.406. The van der Waals surface area contributed by atoms with Crippen LogP contribution in [-0.2, 0) is 10.5 Å². The van der Waals surface area contributed by atoms with Gasteiger partial charge in [0.1, 0.15) is 11.6 Å². The van der Waals surface area contributed by atoms with Gasteiger partial charge >= 0.3 is 0 Å². The van der Waals surface area contributed by atoms with Crippen molar-refractivity contribution in [3.8, 4) is 0 Å². The molecule has 2 heterocycles. The number of H-pyrrole nitrogens is 1. The van der Waals surface area contributed by atoms with E-state index in [1.165, 1.54) is 17.8 Å². The lowest BCUT2D eigenvalue weighted by Gasteiger charge is -2.33. The molecule has 8 heteroatoms. The third-order valence-corrected chi connectivity index (χ3v) is 7.22. The zero-order valence-corrected chi connectivity index (χ0v) is 19.8. The maximum absolute atomic E-state index is 14.0. The number of benzene rings is 2. The van der Waals surface area contributed by atoms with Crippen LogP contribution in [0.15, 0.2) is 69.8 Å². The highest BCUT2D eigenvalue weighted by molar-refractivity contribution is 7.98. The van der Waals surface area contributed by atoms with Gasteiger partial charge in [-0.3, -0.25) is 9.59 Å². The van der Waals surface area contributed by atoms with Gasteiger partial charge in [0.25, 0.3) is 5.56 Å². The highest BCUT2D eigenvalue weighted by atomic mass is 32.2. The minimum Gasteiger partial charge on any atom is -0.378 e. The molecule has 5 rings (SSSR count). The summed E-state index contributed by atoms with van der Waals surface area (Å²) in [6.45, 7) is 0. The van der Waals surface area contributed by atoms with Crippen LogP contribution in [0.5, 0.6) is 0 Å². The van der Waals surface area contributed by atoms with Crippen LogP contribution in [0.2, 0.25) is 0 Å². The molecule has 0 bridgehead atoms. The molecule has 1 aliphatic carbocycles. The molecule has 6 nitrogen and oxygen atoms in total. The van der Waals surface area contributed by atoms with E-state index in [9.17, 15) is 14.0 Å². The molecule has 0 spiro atoms. The Labute approximate surface area is 201 Å². The number of anilines is 2. The molecule has 1 aliphatic heterocycles. The van der Waals surface area contributed by atoms with Crippen LogP contribution in [0.1, 0.15) is 41.9 Å². The number of Topliss-reactive ketones (excluding diaryl/α,β-unsaturated/α-hetero) is 1. The summed E-state index contributed by atoms with van der Waals surface area (Å²) in [4.78, 5) is 35.9. The predicted octanol–water partition coefficient (Wildman–Crippen LogP) is 4.83. The van der Waals surface area contributed by atoms with Gasteiger partial charge in [-0.1, -0.05) is 42.1 Å². The zero-order chi connectivity index (χ0) is 23.8. The number of hydrogen-bond donors (Lipinski definition) is 2. The van der Waals surface area contributed by atoms with E-state index < -0.39 is 5.92 Å². The van der Waals surface area contributed by atoms with Gasteiger partial charge in [0.2, 0.25) is 0 Å². The van der Waals surface area contributed by atoms with Crippen LogP contribution in [0.4, 0.5) is 15.9 Å². The van der Waals surface area contributed by atoms with Gasteiger partial charge in [0.05, 0.1) is 5.56 Å². The topological polar surface area (TPSA) is 78.1 Å². The Kier molecular flexibility index (Phi) is 6.00. The lowest BCUT2D eigenvalue weighted by molar-refractivity contribution is -0.116. The minimum atomic E-state index is -0.475. The number of aromatic nitrogens is 2. The number of nitrogens with one attached hydrogen (secondary N) is 2. The number of halogens is 1. The predicted molar refractivity (Wildman–Crippen MR) is 133 cm³/mol. The van der Waals surface area contributed by atoms with Crippen molar-refractivity contribution in [2.45, 2.75) is 36.1 Å². The molecule has 0 amide bonds. The fourth-order valence-corrected chi connectivity index (χ4v) is 5.42. The lowest BCUT2D eigenvalue weighted by atomic mass is 9.76. The number of carbonyl (C=O) groups is 1. The molecule has 2 aliphatic rings. The Morgan fingerprint density at radius 1 is 1.09 bits per heavy atom. The van der Waals surface area contributed by atoms with E-state index in [4.69, 9.17) is 0 Å². The summed E-state index contributed by atoms with van der Waals surface area (Å²) >= 11 is 1.27. The molecular weight excluding hydrogens is 451 g/mol. The number of hydrogen-bond acceptors (Lipinski definition) is 6. The number of rotatable bonds is 5. The monoisotopic (exact) mass is 476 g/mol. The zero-order valence-electron chi connectivity index (χ0n) is 19.0. The molecule has 0 radical (unpaired) electrons. The summed E-state index contributed by atoms with van der Waals surface area (Å²) in [6, 6.07) is 14.5. The number of aromatic amines is 1. The maximum atomic E-state index is 14.0. The van der Waals surface area contributed by atoms with Crippen molar-refractivity contribution >= 4 is 29.1 Å². The van der Waals surface area contributed by atoms with Gasteiger partial charge in [-0.15, -0.1) is 0 Å². The van der Waals surface area contributed by atoms with E-state index in [-0.39, 0.29) is 17.2 Å². The summed E-state index contributed by atoms with van der Waals surface area (Å²) in [6.07, 6.45) is 1.98. The van der Waals surface area contributed by atoms with Crippen molar-refractivity contribution in [3.05, 3.63) is 92.7 Å². The molecule has 0 unspecified atom stereocenters. The molecule has 3 aromatic rings. The molecule has 0 saturated carbocycles. The molecule has 2 aromatic carbocycles. The average molecular weight is 477 g/mol. The summed E-state index contributed by atoms with van der Waals surface area (Å²) in [5, 5.41) is 3.69. The third kappa shape index (κ3) is 4.14. The van der Waals surface area contributed by atoms with Crippen molar-refractivity contribution in [2.75, 3.05) is 24.3 Å². The number of ketones is 1. The van der Waals surface area contributed by atoms with Crippen LogP contribution in [0, 0.1) is 5.82 Å². The summed E-state index contributed by atoms with van der Waals surface area (Å²) < 4.78 is 14.0. The van der Waals surface area contributed by atoms with Crippen LogP contribution >= 0.6 is 11.8 Å². The Balaban J connectivity index is 1.55. The normalized spacial score (nSPS) is 17.1. The standard InChI is InChI=1S/C26H25FN4O2S/c1-31(2)17-12-10-15(11-13-17)21-22-19(8-5-9-20(22)32)28-24-23(21)25(33)30-26(29-24)34-14-16-6-3-4-7-18(16)27/h3-4,6-7,10-13,21H,5,8-9,14H2,1-2H3,(H2,28,29,30,33)/t21-/m1/s1. The summed E-state index contributed by atoms with van der Waals surface area (Å²) in [7, 11) is 3.94. The summed E-state index contributed by atoms with van der Waals surface area (Å²) in [5.41, 5.74) is 4.12. The van der Waals surface area contributed by atoms with Gasteiger partial charge < -0.3 is 15.2 Å². The number of nitrogens with zero attached hydrogens (tertiary/aromatic N) is 2. The van der Waals surface area contributed by atoms with Crippen molar-refractivity contribution < 1.29 is 9.18 Å². The molecule has 34 heavy (non-hydrogen) atoms. The highest BCUT2D eigenvalue weighted by Gasteiger charge is 2.37. The smallest absolute Gasteiger partial charge is 0.257 e. The Morgan fingerprint density at radius 3 is 2.59 bits per heavy atom. The van der Waals surface area contributed by atoms with Gasteiger partial charge in [0.15, 0.2) is 10.9 Å². The summed E-state index contributed by atoms with van der Waals surface area (Å²) in [5.74, 6) is 0.117. The first kappa shape index (κ1) is 22.4. The molecule has 0 fully saturated rings. The molecular formula is C26H25FN4O2S. The first-order valence-corrected chi connectivity index (χ1v) is 12.2. The largest absolute Gasteiger partial charge is 0.378 e. The number of carbonyl (C=O) groups excluding carboxylic acids is 1. The van der Waals surface area contributed by atoms with Gasteiger partial charge in [-0.2, -0.15) is 0 Å². The first-order valence-electron chi connectivity index (χ1n) is 11.2. The minimum absolute atomic E-state index is 0.0680. The fraction of sp³-hybridized carbons (Fsp3) is 0.269. The molecule has 1 aromatic heterocycles. The first-order chi connectivity index (χ1) is 16.4. The van der Waals surface area contributed by atoms with Gasteiger partial charge in [-0.05, 0) is 42.2 Å². The van der Waals surface area contributed by atoms with Crippen molar-refractivity contribution in [1.29, 1.82) is 0 Å². The van der Waals surface area contributed by atoms with E-state index in [1.807, 2.05) is 43.3 Å². The van der Waals surface area contributed by atoms with Crippen LogP contribution < -0.4 is 15.8 Å². The Bertz CT molecular complexity index is 1350. The van der Waals surface area contributed by atoms with Crippen LogP contribution in [0.25, 0.3) is 0 Å². The number of fused-ring (bicyclic) bond motifs is 1. The fourth-order valence-electron chi connectivity index (χ4n) is 4.57. The molecule has 174 valence electrons. The Morgan fingerprint density at radius 2 is 1.85 bits per heavy atom. The van der Waals surface area contributed by atoms with Crippen LogP contribution in [0.3, 0.4) is 0 Å². The van der Waals surface area contributed by atoms with E-state index in [1.54, 1.807) is 18.2 Å². The van der Waals surface area contributed by atoms with Crippen molar-refractivity contribution in [1.82, 2.24) is 9.97 Å². The highest BCUT2D eigenvalue weighted by Crippen LogP contribution is 2.43. The van der Waals surface area contributed by atoms with Crippen molar-refractivity contribution in [2.24, 2.45) is 0 Å². The van der Waals surface area contributed by atoms with Crippen LogP contribution in [-0.4, -0.2) is 29.8 Å². The molecule has 1 atom stereocenters. The van der Waals surface area contributed by atoms with E-state index in [2.05, 4.69) is 15.3 Å². The van der Waals surface area contributed by atoms with Gasteiger partial charge in [-0.25, -0.2) is 9.37 Å². The number of allylic oxidation sites excluding steroid dienone is 2. The molecule has 2 N–H and O–H groups in total. The Hall–Kier alpha value is -3.39. The third-order valence-electron chi connectivity index (χ3n) is 6.30. The number of thioether (sulfide) groups is 1. The van der Waals surface area contributed by atoms with Gasteiger partial charge in [0, 0.05) is 49.1 Å². The maximum Gasteiger partial charge on any atom is 0.257 e. The second-order valence-corrected chi connectivity index (χ2v) is 9.69. The van der Waals surface area contributed by atoms with E-state index in [0.717, 1.165) is 29.8 Å². The average Bonchev–Trinajstić information content (AvgIpc) is 2.82. The second kappa shape index (κ2) is 9.10. The molecule has 0 saturated heterocycles. The lowest BCUT2D eigenvalue weighted by Crippen LogP contribution is -2.32.